The van der Waals surface area contributed by atoms with E-state index in [-0.39, 0.29) is 29.8 Å². The van der Waals surface area contributed by atoms with E-state index in [0.717, 1.165) is 10.3 Å². The van der Waals surface area contributed by atoms with Gasteiger partial charge in [0, 0.05) is 31.4 Å². The molecule has 0 bridgehead atoms. The van der Waals surface area contributed by atoms with Crippen LogP contribution < -0.4 is 14.4 Å². The molecular formula is C27H27ClN4O5S2. The Morgan fingerprint density at radius 1 is 1.05 bits per heavy atom. The van der Waals surface area contributed by atoms with Crippen molar-refractivity contribution >= 4 is 54.2 Å². The van der Waals surface area contributed by atoms with E-state index in [9.17, 15) is 13.2 Å². The normalized spacial score (nSPS) is 14.8. The van der Waals surface area contributed by atoms with E-state index in [1.165, 1.54) is 34.9 Å². The monoisotopic (exact) mass is 586 g/mol. The average molecular weight is 587 g/mol. The average Bonchev–Trinajstić information content (AvgIpc) is 3.43. The number of aromatic nitrogens is 2. The van der Waals surface area contributed by atoms with E-state index in [4.69, 9.17) is 26.1 Å². The third kappa shape index (κ3) is 5.58. The first-order chi connectivity index (χ1) is 18.8. The fraction of sp³-hybridized carbons (Fsp3) is 0.296. The number of hydrogen-bond donors (Lipinski definition) is 0. The molecule has 1 aliphatic heterocycles. The van der Waals surface area contributed by atoms with Crippen molar-refractivity contribution in [1.82, 2.24) is 14.3 Å². The van der Waals surface area contributed by atoms with Crippen LogP contribution in [0.5, 0.6) is 11.5 Å². The molecule has 204 valence electrons. The summed E-state index contributed by atoms with van der Waals surface area (Å²) in [5.74, 6) is 0.688. The van der Waals surface area contributed by atoms with Crippen molar-refractivity contribution in [3.8, 4) is 11.5 Å². The Hall–Kier alpha value is -3.25. The summed E-state index contributed by atoms with van der Waals surface area (Å²) in [6.45, 7) is 0.784. The largest absolute Gasteiger partial charge is 0.497 e. The van der Waals surface area contributed by atoms with Crippen LogP contribution >= 0.6 is 22.9 Å². The number of thiazole rings is 1. The van der Waals surface area contributed by atoms with Gasteiger partial charge in [0.05, 0.1) is 35.4 Å². The van der Waals surface area contributed by atoms with E-state index in [0.29, 0.717) is 46.6 Å². The molecule has 9 nitrogen and oxygen atoms in total. The lowest BCUT2D eigenvalue weighted by Crippen LogP contribution is -2.44. The molecule has 4 aromatic rings. The summed E-state index contributed by atoms with van der Waals surface area (Å²) in [7, 11) is -0.585. The number of carbonyl (C=O) groups is 1. The Labute approximate surface area is 236 Å². The van der Waals surface area contributed by atoms with E-state index in [2.05, 4.69) is 4.98 Å². The highest BCUT2D eigenvalue weighted by atomic mass is 35.5. The van der Waals surface area contributed by atoms with E-state index < -0.39 is 10.0 Å². The predicted molar refractivity (Wildman–Crippen MR) is 151 cm³/mol. The van der Waals surface area contributed by atoms with Gasteiger partial charge in [-0.1, -0.05) is 22.9 Å². The first-order valence-corrected chi connectivity index (χ1v) is 14.9. The van der Waals surface area contributed by atoms with E-state index in [1.54, 1.807) is 48.7 Å². The van der Waals surface area contributed by atoms with Crippen molar-refractivity contribution in [2.45, 2.75) is 24.3 Å². The first kappa shape index (κ1) is 27.3. The fourth-order valence-electron chi connectivity index (χ4n) is 4.59. The van der Waals surface area contributed by atoms with Gasteiger partial charge in [0.1, 0.15) is 17.0 Å². The molecule has 5 rings (SSSR count). The van der Waals surface area contributed by atoms with Crippen LogP contribution in [0.1, 0.15) is 18.4 Å². The third-order valence-electron chi connectivity index (χ3n) is 6.75. The zero-order valence-electron chi connectivity index (χ0n) is 21.4. The number of halogens is 1. The molecule has 1 amide bonds. The second-order valence-corrected chi connectivity index (χ2v) is 12.4. The Kier molecular flexibility index (Phi) is 8.03. The summed E-state index contributed by atoms with van der Waals surface area (Å²) in [4.78, 5) is 24.6. The highest BCUT2D eigenvalue weighted by Gasteiger charge is 2.35. The van der Waals surface area contributed by atoms with Crippen LogP contribution in [-0.4, -0.2) is 55.9 Å². The summed E-state index contributed by atoms with van der Waals surface area (Å²) >= 11 is 7.78. The number of amides is 1. The number of ether oxygens (including phenoxy) is 2. The summed E-state index contributed by atoms with van der Waals surface area (Å²) in [5.41, 5.74) is 1.49. The summed E-state index contributed by atoms with van der Waals surface area (Å²) < 4.78 is 39.2. The number of hydrogen-bond acceptors (Lipinski definition) is 8. The number of nitrogens with zero attached hydrogens (tertiary/aromatic N) is 4. The summed E-state index contributed by atoms with van der Waals surface area (Å²) in [6, 6.07) is 13.5. The van der Waals surface area contributed by atoms with Crippen LogP contribution in [0.15, 0.2) is 65.8 Å². The molecule has 0 unspecified atom stereocenters. The minimum absolute atomic E-state index is 0.109. The van der Waals surface area contributed by atoms with Gasteiger partial charge in [0.25, 0.3) is 0 Å². The minimum atomic E-state index is -3.68. The lowest BCUT2D eigenvalue weighted by molar-refractivity contribution is -0.123. The zero-order valence-corrected chi connectivity index (χ0v) is 23.8. The lowest BCUT2D eigenvalue weighted by Gasteiger charge is -2.33. The molecule has 2 aromatic carbocycles. The topological polar surface area (TPSA) is 102 Å². The van der Waals surface area contributed by atoms with Gasteiger partial charge < -0.3 is 9.47 Å². The van der Waals surface area contributed by atoms with Crippen molar-refractivity contribution in [2.24, 2.45) is 5.92 Å². The standard InChI is InChI=1S/C27H27ClN4O5S2/c1-36-20-3-5-21(6-4-20)39(34,35)31-15-11-19(12-16-31)26(33)32(17-18-9-13-29-14-10-18)27-30-24-23(37-2)8-7-22(28)25(24)38-27/h3-10,13-14,19H,11-12,15-17H2,1-2H3. The maximum atomic E-state index is 13.9. The highest BCUT2D eigenvalue weighted by molar-refractivity contribution is 7.89. The van der Waals surface area contributed by atoms with Crippen LogP contribution in [0.4, 0.5) is 5.13 Å². The third-order valence-corrected chi connectivity index (χ3v) is 10.2. The molecule has 0 radical (unpaired) electrons. The number of carbonyl (C=O) groups excluding carboxylic acids is 1. The first-order valence-electron chi connectivity index (χ1n) is 12.3. The van der Waals surface area contributed by atoms with E-state index in [1.807, 2.05) is 12.1 Å². The summed E-state index contributed by atoms with van der Waals surface area (Å²) in [5, 5.41) is 1.04. The number of methoxy groups -OCH3 is 2. The molecule has 2 aromatic heterocycles. The van der Waals surface area contributed by atoms with Crippen molar-refractivity contribution in [1.29, 1.82) is 0 Å². The van der Waals surface area contributed by atoms with Crippen molar-refractivity contribution in [2.75, 3.05) is 32.2 Å². The second kappa shape index (κ2) is 11.5. The Morgan fingerprint density at radius 3 is 2.38 bits per heavy atom. The van der Waals surface area contributed by atoms with Crippen LogP contribution in [0.25, 0.3) is 10.2 Å². The molecule has 0 N–H and O–H groups in total. The highest BCUT2D eigenvalue weighted by Crippen LogP contribution is 2.40. The smallest absolute Gasteiger partial charge is 0.243 e. The number of rotatable bonds is 8. The molecule has 1 saturated heterocycles. The number of piperidine rings is 1. The number of benzene rings is 2. The fourth-order valence-corrected chi connectivity index (χ4v) is 7.32. The molecule has 1 fully saturated rings. The van der Waals surface area contributed by atoms with Gasteiger partial charge in [-0.15, -0.1) is 0 Å². The maximum Gasteiger partial charge on any atom is 0.243 e. The van der Waals surface area contributed by atoms with Crippen molar-refractivity contribution in [3.05, 3.63) is 71.5 Å². The van der Waals surface area contributed by atoms with Crippen LogP contribution in [-0.2, 0) is 21.4 Å². The van der Waals surface area contributed by atoms with Gasteiger partial charge in [0.2, 0.25) is 15.9 Å². The molecule has 3 heterocycles. The van der Waals surface area contributed by atoms with Crippen LogP contribution in [0.2, 0.25) is 5.02 Å². The number of sulfonamides is 1. The van der Waals surface area contributed by atoms with Crippen molar-refractivity contribution < 1.29 is 22.7 Å². The van der Waals surface area contributed by atoms with Crippen LogP contribution in [0.3, 0.4) is 0 Å². The Balaban J connectivity index is 1.39. The number of anilines is 1. The van der Waals surface area contributed by atoms with Crippen molar-refractivity contribution in [3.63, 3.8) is 0 Å². The maximum absolute atomic E-state index is 13.9. The minimum Gasteiger partial charge on any atom is -0.497 e. The Morgan fingerprint density at radius 2 is 1.74 bits per heavy atom. The van der Waals surface area contributed by atoms with Gasteiger partial charge in [-0.3, -0.25) is 14.7 Å². The molecule has 12 heteroatoms. The number of fused-ring (bicyclic) bond motifs is 1. The molecule has 0 aliphatic carbocycles. The van der Waals surface area contributed by atoms with Gasteiger partial charge in [-0.25, -0.2) is 13.4 Å². The summed E-state index contributed by atoms with van der Waals surface area (Å²) in [6.07, 6.45) is 4.16. The molecule has 1 aliphatic rings. The molecular weight excluding hydrogens is 560 g/mol. The number of pyridine rings is 1. The second-order valence-electron chi connectivity index (χ2n) is 9.06. The molecule has 0 spiro atoms. The lowest BCUT2D eigenvalue weighted by atomic mass is 9.96. The Bertz CT molecular complexity index is 1570. The van der Waals surface area contributed by atoms with E-state index >= 15 is 0 Å². The van der Waals surface area contributed by atoms with Crippen LogP contribution in [0, 0.1) is 5.92 Å². The van der Waals surface area contributed by atoms with Gasteiger partial charge in [-0.2, -0.15) is 4.31 Å². The zero-order chi connectivity index (χ0) is 27.6. The quantitative estimate of drug-likeness (QED) is 0.286. The predicted octanol–water partition coefficient (Wildman–Crippen LogP) is 5.00. The SMILES string of the molecule is COc1ccc(S(=O)(=O)N2CCC(C(=O)N(Cc3ccncc3)c3nc4c(OC)ccc(Cl)c4s3)CC2)cc1. The van der Waals surface area contributed by atoms with Gasteiger partial charge >= 0.3 is 0 Å². The van der Waals surface area contributed by atoms with Gasteiger partial charge in [0.15, 0.2) is 5.13 Å². The van der Waals surface area contributed by atoms with Gasteiger partial charge in [-0.05, 0) is 66.9 Å². The molecule has 0 atom stereocenters. The molecule has 39 heavy (non-hydrogen) atoms. The molecule has 0 saturated carbocycles.